The number of para-hydroxylation sites is 1. The summed E-state index contributed by atoms with van der Waals surface area (Å²) in [6.45, 7) is 2.21. The van der Waals surface area contributed by atoms with E-state index >= 15 is 0 Å². The molecule has 0 aliphatic heterocycles. The summed E-state index contributed by atoms with van der Waals surface area (Å²) < 4.78 is 1.88. The molecule has 0 fully saturated rings. The van der Waals surface area contributed by atoms with Gasteiger partial charge in [-0.2, -0.15) is 0 Å². The zero-order chi connectivity index (χ0) is 19.3. The fourth-order valence-electron chi connectivity index (χ4n) is 3.14. The first-order valence-corrected chi connectivity index (χ1v) is 9.39. The van der Waals surface area contributed by atoms with E-state index in [0.29, 0.717) is 6.54 Å². The van der Waals surface area contributed by atoms with Crippen LogP contribution in [0.5, 0.6) is 0 Å². The Morgan fingerprint density at radius 1 is 1.00 bits per heavy atom. The predicted octanol–water partition coefficient (Wildman–Crippen LogP) is 3.40. The van der Waals surface area contributed by atoms with Crippen molar-refractivity contribution in [2.24, 2.45) is 5.73 Å². The van der Waals surface area contributed by atoms with Gasteiger partial charge in [0.05, 0.1) is 11.9 Å². The van der Waals surface area contributed by atoms with Gasteiger partial charge >= 0.3 is 0 Å². The number of nitrogens with zero attached hydrogens (tertiary/aromatic N) is 4. The Morgan fingerprint density at radius 2 is 1.79 bits per heavy atom. The fourth-order valence-corrected chi connectivity index (χ4v) is 3.14. The maximum Gasteiger partial charge on any atom is 0.154 e. The lowest BCUT2D eigenvalue weighted by Crippen LogP contribution is -2.25. The van der Waals surface area contributed by atoms with Crippen molar-refractivity contribution in [1.29, 1.82) is 0 Å². The van der Waals surface area contributed by atoms with Crippen LogP contribution in [-0.2, 0) is 6.54 Å². The molecule has 28 heavy (non-hydrogen) atoms. The Balaban J connectivity index is 1.48. The van der Waals surface area contributed by atoms with Crippen LogP contribution >= 0.6 is 0 Å². The molecule has 2 aromatic carbocycles. The minimum atomic E-state index is 0.539. The molecule has 2 heterocycles. The van der Waals surface area contributed by atoms with Crippen LogP contribution in [0.3, 0.4) is 0 Å². The highest BCUT2D eigenvalue weighted by Gasteiger charge is 2.08. The van der Waals surface area contributed by atoms with E-state index in [9.17, 15) is 0 Å². The van der Waals surface area contributed by atoms with Gasteiger partial charge in [-0.1, -0.05) is 42.5 Å². The Bertz CT molecular complexity index is 1040. The minimum absolute atomic E-state index is 0.539. The Hall–Kier alpha value is -3.38. The van der Waals surface area contributed by atoms with E-state index in [1.165, 1.54) is 5.69 Å². The number of nitrogens with one attached hydrogen (secondary N) is 1. The maximum atomic E-state index is 5.69. The quantitative estimate of drug-likeness (QED) is 0.520. The standard InChI is InChI=1S/C22H24N6/c1-27(19-5-3-2-4-6-19)14-13-24-21-11-12-22-25-16-20(28(22)26-21)18-9-7-17(15-23)8-10-18/h2-12,16H,13-15,23H2,1H3,(H,24,26). The van der Waals surface area contributed by atoms with E-state index in [1.54, 1.807) is 0 Å². The lowest BCUT2D eigenvalue weighted by Gasteiger charge is -2.19. The zero-order valence-electron chi connectivity index (χ0n) is 15.9. The van der Waals surface area contributed by atoms with Crippen LogP contribution in [0.2, 0.25) is 0 Å². The van der Waals surface area contributed by atoms with Crippen LogP contribution in [0.25, 0.3) is 16.9 Å². The first-order valence-electron chi connectivity index (χ1n) is 9.39. The highest BCUT2D eigenvalue weighted by Crippen LogP contribution is 2.21. The number of imidazole rings is 1. The number of rotatable bonds is 7. The van der Waals surface area contributed by atoms with Gasteiger partial charge in [-0.3, -0.25) is 0 Å². The Morgan fingerprint density at radius 3 is 2.54 bits per heavy atom. The van der Waals surface area contributed by atoms with Crippen LogP contribution in [0.4, 0.5) is 11.5 Å². The van der Waals surface area contributed by atoms with Gasteiger partial charge in [0.1, 0.15) is 5.82 Å². The molecule has 0 radical (unpaired) electrons. The topological polar surface area (TPSA) is 71.5 Å². The molecule has 0 saturated carbocycles. The van der Waals surface area contributed by atoms with Gasteiger partial charge in [-0.15, -0.1) is 5.10 Å². The first kappa shape index (κ1) is 18.0. The highest BCUT2D eigenvalue weighted by molar-refractivity contribution is 5.64. The summed E-state index contributed by atoms with van der Waals surface area (Å²) in [5.74, 6) is 0.826. The molecule has 0 unspecified atom stereocenters. The Labute approximate surface area is 164 Å². The van der Waals surface area contributed by atoms with Crippen molar-refractivity contribution in [3.63, 3.8) is 0 Å². The number of benzene rings is 2. The van der Waals surface area contributed by atoms with Crippen molar-refractivity contribution in [1.82, 2.24) is 14.6 Å². The van der Waals surface area contributed by atoms with E-state index in [2.05, 4.69) is 58.6 Å². The SMILES string of the molecule is CN(CCNc1ccc2ncc(-c3ccc(CN)cc3)n2n1)c1ccccc1. The summed E-state index contributed by atoms with van der Waals surface area (Å²) in [5.41, 5.74) is 10.9. The average Bonchev–Trinajstić information content (AvgIpc) is 3.17. The number of nitrogens with two attached hydrogens (primary N) is 1. The van der Waals surface area contributed by atoms with Crippen LogP contribution in [0, 0.1) is 0 Å². The molecule has 0 aliphatic carbocycles. The average molecular weight is 372 g/mol. The molecule has 4 rings (SSSR count). The number of fused-ring (bicyclic) bond motifs is 1. The van der Waals surface area contributed by atoms with Gasteiger partial charge in [0.25, 0.3) is 0 Å². The van der Waals surface area contributed by atoms with Crippen molar-refractivity contribution in [3.05, 3.63) is 78.5 Å². The highest BCUT2D eigenvalue weighted by atomic mass is 15.3. The van der Waals surface area contributed by atoms with Crippen LogP contribution in [0.15, 0.2) is 72.9 Å². The minimum Gasteiger partial charge on any atom is -0.373 e. The lowest BCUT2D eigenvalue weighted by atomic mass is 10.1. The van der Waals surface area contributed by atoms with Gasteiger partial charge in [-0.05, 0) is 29.8 Å². The molecule has 142 valence electrons. The normalized spacial score (nSPS) is 10.9. The third-order valence-electron chi connectivity index (χ3n) is 4.80. The summed E-state index contributed by atoms with van der Waals surface area (Å²) in [6.07, 6.45) is 1.85. The van der Waals surface area contributed by atoms with Crippen LogP contribution in [0.1, 0.15) is 5.56 Å². The number of aromatic nitrogens is 3. The number of hydrogen-bond donors (Lipinski definition) is 2. The molecule has 0 bridgehead atoms. The number of anilines is 2. The van der Waals surface area contributed by atoms with Crippen molar-refractivity contribution in [2.45, 2.75) is 6.54 Å². The largest absolute Gasteiger partial charge is 0.373 e. The molecule has 0 spiro atoms. The van der Waals surface area contributed by atoms with Crippen molar-refractivity contribution in [2.75, 3.05) is 30.4 Å². The molecule has 0 saturated heterocycles. The van der Waals surface area contributed by atoms with E-state index in [-0.39, 0.29) is 0 Å². The van der Waals surface area contributed by atoms with E-state index < -0.39 is 0 Å². The smallest absolute Gasteiger partial charge is 0.154 e. The van der Waals surface area contributed by atoms with E-state index in [4.69, 9.17) is 10.8 Å². The molecule has 4 aromatic rings. The second kappa shape index (κ2) is 8.10. The maximum absolute atomic E-state index is 5.69. The second-order valence-corrected chi connectivity index (χ2v) is 6.72. The number of hydrogen-bond acceptors (Lipinski definition) is 5. The monoisotopic (exact) mass is 372 g/mol. The zero-order valence-corrected chi connectivity index (χ0v) is 15.9. The summed E-state index contributed by atoms with van der Waals surface area (Å²) in [5, 5.41) is 8.13. The Kier molecular flexibility index (Phi) is 5.21. The summed E-state index contributed by atoms with van der Waals surface area (Å²) in [6, 6.07) is 22.5. The molecule has 6 heteroatoms. The predicted molar refractivity (Wildman–Crippen MR) is 115 cm³/mol. The molecule has 0 aliphatic rings. The molecule has 0 amide bonds. The molecular formula is C22H24N6. The molecule has 3 N–H and O–H groups in total. The van der Waals surface area contributed by atoms with Gasteiger partial charge in [0, 0.05) is 37.9 Å². The first-order chi connectivity index (χ1) is 13.7. The number of likely N-dealkylation sites (N-methyl/N-ethyl adjacent to an activating group) is 1. The molecule has 2 aromatic heterocycles. The third-order valence-corrected chi connectivity index (χ3v) is 4.80. The molecule has 0 atom stereocenters. The molecule has 6 nitrogen and oxygen atoms in total. The molecular weight excluding hydrogens is 348 g/mol. The van der Waals surface area contributed by atoms with Crippen LogP contribution < -0.4 is 16.0 Å². The van der Waals surface area contributed by atoms with Gasteiger partial charge in [0.15, 0.2) is 5.65 Å². The third kappa shape index (κ3) is 3.82. The van der Waals surface area contributed by atoms with E-state index in [0.717, 1.165) is 41.4 Å². The second-order valence-electron chi connectivity index (χ2n) is 6.72. The van der Waals surface area contributed by atoms with Crippen LogP contribution in [-0.4, -0.2) is 34.7 Å². The van der Waals surface area contributed by atoms with Gasteiger partial charge in [0.2, 0.25) is 0 Å². The summed E-state index contributed by atoms with van der Waals surface area (Å²) in [7, 11) is 2.09. The van der Waals surface area contributed by atoms with Gasteiger partial charge in [-0.25, -0.2) is 9.50 Å². The lowest BCUT2D eigenvalue weighted by molar-refractivity contribution is 0.888. The van der Waals surface area contributed by atoms with Crippen molar-refractivity contribution < 1.29 is 0 Å². The fraction of sp³-hybridized carbons (Fsp3) is 0.182. The van der Waals surface area contributed by atoms with Crippen molar-refractivity contribution >= 4 is 17.2 Å². The summed E-state index contributed by atoms with van der Waals surface area (Å²) >= 11 is 0. The van der Waals surface area contributed by atoms with E-state index in [1.807, 2.05) is 41.0 Å². The summed E-state index contributed by atoms with van der Waals surface area (Å²) in [4.78, 5) is 6.68. The van der Waals surface area contributed by atoms with Crippen molar-refractivity contribution in [3.8, 4) is 11.3 Å². The van der Waals surface area contributed by atoms with Gasteiger partial charge < -0.3 is 16.0 Å².